The number of hydrogen-bond donors (Lipinski definition) is 3. The van der Waals surface area contributed by atoms with Crippen LogP contribution in [0.3, 0.4) is 0 Å². The van der Waals surface area contributed by atoms with Crippen LogP contribution >= 0.6 is 0 Å². The number of aromatic hydroxyl groups is 1. The van der Waals surface area contributed by atoms with Crippen molar-refractivity contribution in [3.8, 4) is 5.75 Å². The Kier molecular flexibility index (Phi) is 4.54. The van der Waals surface area contributed by atoms with Crippen molar-refractivity contribution in [1.82, 2.24) is 9.44 Å². The molecular formula is C9H11F3N2O3S. The summed E-state index contributed by atoms with van der Waals surface area (Å²) in [6.07, 6.45) is -4.60. The summed E-state index contributed by atoms with van der Waals surface area (Å²) < 4.78 is 61.0. The first-order valence-corrected chi connectivity index (χ1v) is 6.25. The van der Waals surface area contributed by atoms with Gasteiger partial charge in [-0.1, -0.05) is 12.1 Å². The van der Waals surface area contributed by atoms with Crippen molar-refractivity contribution < 1.29 is 26.7 Å². The number of phenolic OH excluding ortho intramolecular Hbond substituents is 1. The van der Waals surface area contributed by atoms with Crippen molar-refractivity contribution in [3.05, 3.63) is 29.8 Å². The lowest BCUT2D eigenvalue weighted by Gasteiger charge is -2.10. The number of alkyl halides is 3. The molecule has 1 rings (SSSR count). The summed E-state index contributed by atoms with van der Waals surface area (Å²) in [5.41, 5.74) is 0.505. The van der Waals surface area contributed by atoms with Gasteiger partial charge in [0, 0.05) is 6.54 Å². The van der Waals surface area contributed by atoms with Crippen molar-refractivity contribution in [3.63, 3.8) is 0 Å². The van der Waals surface area contributed by atoms with Gasteiger partial charge in [0.25, 0.3) is 10.2 Å². The summed E-state index contributed by atoms with van der Waals surface area (Å²) in [6.45, 7) is -1.80. The lowest BCUT2D eigenvalue weighted by atomic mass is 10.2. The fourth-order valence-electron chi connectivity index (χ4n) is 1.02. The van der Waals surface area contributed by atoms with Crippen LogP contribution in [0.25, 0.3) is 0 Å². The lowest BCUT2D eigenvalue weighted by Crippen LogP contribution is -2.41. The number of benzene rings is 1. The van der Waals surface area contributed by atoms with Crippen LogP contribution in [-0.2, 0) is 16.8 Å². The highest BCUT2D eigenvalue weighted by Gasteiger charge is 2.29. The van der Waals surface area contributed by atoms with Crippen molar-refractivity contribution in [1.29, 1.82) is 0 Å². The maximum absolute atomic E-state index is 11.8. The second kappa shape index (κ2) is 5.55. The maximum atomic E-state index is 11.8. The third kappa shape index (κ3) is 5.84. The predicted octanol–water partition coefficient (Wildman–Crippen LogP) is 0.879. The van der Waals surface area contributed by atoms with E-state index in [1.807, 2.05) is 4.72 Å². The number of rotatable bonds is 5. The van der Waals surface area contributed by atoms with E-state index in [0.29, 0.717) is 5.56 Å². The Hall–Kier alpha value is -1.32. The van der Waals surface area contributed by atoms with Crippen LogP contribution in [-0.4, -0.2) is 26.2 Å². The summed E-state index contributed by atoms with van der Waals surface area (Å²) >= 11 is 0. The highest BCUT2D eigenvalue weighted by Crippen LogP contribution is 2.13. The minimum absolute atomic E-state index is 0.0109. The molecule has 9 heteroatoms. The number of halogens is 3. The maximum Gasteiger partial charge on any atom is 0.402 e. The first-order chi connectivity index (χ1) is 8.18. The monoisotopic (exact) mass is 284 g/mol. The molecule has 0 spiro atoms. The molecule has 0 aliphatic rings. The van der Waals surface area contributed by atoms with Gasteiger partial charge < -0.3 is 5.11 Å². The molecule has 0 unspecified atom stereocenters. The molecule has 0 saturated heterocycles. The quantitative estimate of drug-likeness (QED) is 0.751. The number of hydrogen-bond acceptors (Lipinski definition) is 3. The molecule has 18 heavy (non-hydrogen) atoms. The van der Waals surface area contributed by atoms with E-state index in [9.17, 15) is 21.6 Å². The molecule has 3 N–H and O–H groups in total. The molecule has 0 amide bonds. The summed E-state index contributed by atoms with van der Waals surface area (Å²) in [5.74, 6) is 0.0109. The summed E-state index contributed by atoms with van der Waals surface area (Å²) in [4.78, 5) is 0. The fourth-order valence-corrected chi connectivity index (χ4v) is 1.83. The highest BCUT2D eigenvalue weighted by atomic mass is 32.2. The predicted molar refractivity (Wildman–Crippen MR) is 57.9 cm³/mol. The molecule has 0 heterocycles. The summed E-state index contributed by atoms with van der Waals surface area (Å²) in [5, 5.41) is 8.98. The second-order valence-electron chi connectivity index (χ2n) is 3.43. The zero-order chi connectivity index (χ0) is 13.8. The molecule has 0 atom stereocenters. The van der Waals surface area contributed by atoms with Crippen molar-refractivity contribution in [2.45, 2.75) is 12.7 Å². The zero-order valence-electron chi connectivity index (χ0n) is 9.03. The van der Waals surface area contributed by atoms with Crippen LogP contribution in [0.2, 0.25) is 0 Å². The van der Waals surface area contributed by atoms with Crippen LogP contribution in [0.15, 0.2) is 24.3 Å². The topological polar surface area (TPSA) is 78.4 Å². The SMILES string of the molecule is O=S(=O)(NCc1ccc(O)cc1)NCC(F)(F)F. The molecule has 102 valence electrons. The van der Waals surface area contributed by atoms with E-state index in [0.717, 1.165) is 0 Å². The molecule has 0 saturated carbocycles. The largest absolute Gasteiger partial charge is 0.508 e. The fraction of sp³-hybridized carbons (Fsp3) is 0.333. The third-order valence-corrected chi connectivity index (χ3v) is 2.91. The molecule has 0 radical (unpaired) electrons. The van der Waals surface area contributed by atoms with E-state index in [4.69, 9.17) is 5.11 Å². The Labute approximate surface area is 102 Å². The van der Waals surface area contributed by atoms with Gasteiger partial charge in [-0.3, -0.25) is 0 Å². The highest BCUT2D eigenvalue weighted by molar-refractivity contribution is 7.87. The van der Waals surface area contributed by atoms with Crippen molar-refractivity contribution >= 4 is 10.2 Å². The Bertz CT molecular complexity index is 485. The van der Waals surface area contributed by atoms with Gasteiger partial charge >= 0.3 is 6.18 Å². The number of phenols is 1. The minimum atomic E-state index is -4.60. The zero-order valence-corrected chi connectivity index (χ0v) is 9.85. The van der Waals surface area contributed by atoms with Gasteiger partial charge in [0.05, 0.1) is 0 Å². The molecular weight excluding hydrogens is 273 g/mol. The van der Waals surface area contributed by atoms with E-state index in [1.165, 1.54) is 29.0 Å². The number of nitrogens with one attached hydrogen (secondary N) is 2. The molecule has 0 aliphatic carbocycles. The molecule has 0 bridgehead atoms. The van der Waals surface area contributed by atoms with Gasteiger partial charge in [-0.15, -0.1) is 0 Å². The lowest BCUT2D eigenvalue weighted by molar-refractivity contribution is -0.121. The normalized spacial score (nSPS) is 12.6. The minimum Gasteiger partial charge on any atom is -0.508 e. The van der Waals surface area contributed by atoms with Gasteiger partial charge in [-0.2, -0.15) is 31.0 Å². The first-order valence-electron chi connectivity index (χ1n) is 4.77. The van der Waals surface area contributed by atoms with Gasteiger partial charge in [-0.25, -0.2) is 0 Å². The molecule has 5 nitrogen and oxygen atoms in total. The smallest absolute Gasteiger partial charge is 0.402 e. The van der Waals surface area contributed by atoms with E-state index in [2.05, 4.69) is 0 Å². The molecule has 0 fully saturated rings. The third-order valence-electron chi connectivity index (χ3n) is 1.87. The molecule has 1 aromatic carbocycles. The summed E-state index contributed by atoms with van der Waals surface area (Å²) in [7, 11) is -4.21. The van der Waals surface area contributed by atoms with Gasteiger partial charge in [0.15, 0.2) is 0 Å². The molecule has 0 aliphatic heterocycles. The Balaban J connectivity index is 2.49. The van der Waals surface area contributed by atoms with Crippen LogP contribution < -0.4 is 9.44 Å². The van der Waals surface area contributed by atoms with E-state index >= 15 is 0 Å². The Morgan fingerprint density at radius 3 is 2.17 bits per heavy atom. The van der Waals surface area contributed by atoms with Gasteiger partial charge in [0.1, 0.15) is 12.3 Å². The van der Waals surface area contributed by atoms with Gasteiger partial charge in [-0.05, 0) is 17.7 Å². The Morgan fingerprint density at radius 2 is 1.67 bits per heavy atom. The summed E-state index contributed by atoms with van der Waals surface area (Å²) in [6, 6.07) is 5.57. The standard InChI is InChI=1S/C9H11F3N2O3S/c10-9(11,12)6-14-18(16,17)13-5-7-1-3-8(15)4-2-7/h1-4,13-15H,5-6H2. The van der Waals surface area contributed by atoms with E-state index < -0.39 is 22.9 Å². The second-order valence-corrected chi connectivity index (χ2v) is 5.01. The van der Waals surface area contributed by atoms with Gasteiger partial charge in [0.2, 0.25) is 0 Å². The van der Waals surface area contributed by atoms with Crippen LogP contribution in [0.5, 0.6) is 5.75 Å². The van der Waals surface area contributed by atoms with E-state index in [1.54, 1.807) is 0 Å². The van der Waals surface area contributed by atoms with Crippen LogP contribution in [0.1, 0.15) is 5.56 Å². The van der Waals surface area contributed by atoms with Crippen LogP contribution in [0.4, 0.5) is 13.2 Å². The van der Waals surface area contributed by atoms with E-state index in [-0.39, 0.29) is 12.3 Å². The van der Waals surface area contributed by atoms with Crippen molar-refractivity contribution in [2.75, 3.05) is 6.54 Å². The van der Waals surface area contributed by atoms with Crippen LogP contribution in [0, 0.1) is 0 Å². The average molecular weight is 284 g/mol. The first kappa shape index (κ1) is 14.7. The average Bonchev–Trinajstić information content (AvgIpc) is 2.25. The van der Waals surface area contributed by atoms with Crippen molar-refractivity contribution in [2.24, 2.45) is 0 Å². The molecule has 1 aromatic rings. The Morgan fingerprint density at radius 1 is 1.11 bits per heavy atom. The molecule has 0 aromatic heterocycles.